The summed E-state index contributed by atoms with van der Waals surface area (Å²) >= 11 is 0. The second-order valence-electron chi connectivity index (χ2n) is 2.96. The fourth-order valence-electron chi connectivity index (χ4n) is 1.38. The molecule has 3 heterocycles. The normalized spacial score (nSPS) is 10.9. The summed E-state index contributed by atoms with van der Waals surface area (Å²) in [5.41, 5.74) is 2.85. The van der Waals surface area contributed by atoms with E-state index in [1.807, 2.05) is 18.5 Å². The zero-order valence-electron chi connectivity index (χ0n) is 7.25. The third-order valence-corrected chi connectivity index (χ3v) is 2.06. The summed E-state index contributed by atoms with van der Waals surface area (Å²) in [5, 5.41) is 11.0. The summed E-state index contributed by atoms with van der Waals surface area (Å²) in [6, 6.07) is 1.97. The molecule has 0 unspecified atom stereocenters. The van der Waals surface area contributed by atoms with Gasteiger partial charge in [-0.2, -0.15) is 10.2 Å². The molecule has 0 aliphatic carbocycles. The molecular formula is C9H7N5. The molecule has 5 nitrogen and oxygen atoms in total. The van der Waals surface area contributed by atoms with Gasteiger partial charge in [0.1, 0.15) is 0 Å². The van der Waals surface area contributed by atoms with Gasteiger partial charge in [0.2, 0.25) is 0 Å². The molecule has 0 saturated heterocycles. The zero-order chi connectivity index (χ0) is 9.38. The van der Waals surface area contributed by atoms with Gasteiger partial charge in [0.25, 0.3) is 0 Å². The Morgan fingerprint density at radius 3 is 3.07 bits per heavy atom. The smallest absolute Gasteiger partial charge is 0.0965 e. The van der Waals surface area contributed by atoms with Crippen LogP contribution in [0.3, 0.4) is 0 Å². The number of hydrogen-bond donors (Lipinski definition) is 1. The number of fused-ring (bicyclic) bond motifs is 1. The number of rotatable bonds is 1. The van der Waals surface area contributed by atoms with Crippen molar-refractivity contribution >= 4 is 5.52 Å². The number of H-pyrrole nitrogens is 1. The Bertz CT molecular complexity index is 518. The molecule has 3 aromatic heterocycles. The second-order valence-corrected chi connectivity index (χ2v) is 2.96. The van der Waals surface area contributed by atoms with Crippen molar-refractivity contribution in [3.63, 3.8) is 0 Å². The van der Waals surface area contributed by atoms with Crippen molar-refractivity contribution in [3.05, 3.63) is 37.1 Å². The topological polar surface area (TPSA) is 58.9 Å². The van der Waals surface area contributed by atoms with Crippen molar-refractivity contribution in [3.8, 4) is 11.3 Å². The maximum absolute atomic E-state index is 4.37. The molecule has 0 saturated carbocycles. The van der Waals surface area contributed by atoms with E-state index in [2.05, 4.69) is 20.3 Å². The first-order valence-electron chi connectivity index (χ1n) is 4.22. The predicted molar refractivity (Wildman–Crippen MR) is 50.6 cm³/mol. The highest BCUT2D eigenvalue weighted by atomic mass is 15.2. The number of nitrogens with one attached hydrogen (secondary N) is 1. The lowest BCUT2D eigenvalue weighted by Gasteiger charge is -1.87. The van der Waals surface area contributed by atoms with E-state index < -0.39 is 0 Å². The minimum Gasteiger partial charge on any atom is -0.285 e. The third-order valence-electron chi connectivity index (χ3n) is 2.06. The summed E-state index contributed by atoms with van der Waals surface area (Å²) in [6.07, 6.45) is 8.86. The molecule has 0 aromatic carbocycles. The molecule has 68 valence electrons. The lowest BCUT2D eigenvalue weighted by molar-refractivity contribution is 0.950. The Labute approximate surface area is 79.4 Å². The second kappa shape index (κ2) is 2.66. The maximum Gasteiger partial charge on any atom is 0.0965 e. The van der Waals surface area contributed by atoms with Crippen molar-refractivity contribution in [1.82, 2.24) is 24.8 Å². The number of hydrogen-bond acceptors (Lipinski definition) is 3. The van der Waals surface area contributed by atoms with Gasteiger partial charge >= 0.3 is 0 Å². The first-order chi connectivity index (χ1) is 6.93. The van der Waals surface area contributed by atoms with Gasteiger partial charge in [0.05, 0.1) is 23.6 Å². The average Bonchev–Trinajstić information content (AvgIpc) is 2.86. The molecular weight excluding hydrogens is 178 g/mol. The van der Waals surface area contributed by atoms with Gasteiger partial charge in [-0.05, 0) is 6.07 Å². The van der Waals surface area contributed by atoms with Crippen LogP contribution in [0, 0.1) is 0 Å². The first-order valence-corrected chi connectivity index (χ1v) is 4.22. The van der Waals surface area contributed by atoms with E-state index in [-0.39, 0.29) is 0 Å². The monoisotopic (exact) mass is 185 g/mol. The van der Waals surface area contributed by atoms with Gasteiger partial charge < -0.3 is 0 Å². The number of nitrogens with zero attached hydrogens (tertiary/aromatic N) is 4. The Balaban J connectivity index is 2.24. The summed E-state index contributed by atoms with van der Waals surface area (Å²) in [7, 11) is 0. The fraction of sp³-hybridized carbons (Fsp3) is 0. The van der Waals surface area contributed by atoms with E-state index in [9.17, 15) is 0 Å². The maximum atomic E-state index is 4.37. The van der Waals surface area contributed by atoms with Crippen LogP contribution in [-0.4, -0.2) is 24.8 Å². The highest BCUT2D eigenvalue weighted by Gasteiger charge is 2.04. The predicted octanol–water partition coefficient (Wildman–Crippen LogP) is 1.12. The summed E-state index contributed by atoms with van der Waals surface area (Å²) in [4.78, 5) is 4.02. The lowest BCUT2D eigenvalue weighted by Crippen LogP contribution is -1.85. The van der Waals surface area contributed by atoms with E-state index >= 15 is 0 Å². The van der Waals surface area contributed by atoms with Crippen LogP contribution in [0.5, 0.6) is 0 Å². The summed E-state index contributed by atoms with van der Waals surface area (Å²) in [5.74, 6) is 0. The van der Waals surface area contributed by atoms with Crippen LogP contribution >= 0.6 is 0 Å². The minimum absolute atomic E-state index is 0.895. The molecule has 14 heavy (non-hydrogen) atoms. The molecule has 5 heteroatoms. The molecule has 3 aromatic rings. The SMILES string of the molecule is c1cn2nc(-c3cn[nH]c3)cc2cn1. The zero-order valence-corrected chi connectivity index (χ0v) is 7.25. The lowest BCUT2D eigenvalue weighted by atomic mass is 10.2. The third kappa shape index (κ3) is 0.990. The van der Waals surface area contributed by atoms with Crippen molar-refractivity contribution in [1.29, 1.82) is 0 Å². The van der Waals surface area contributed by atoms with Gasteiger partial charge in [-0.3, -0.25) is 10.1 Å². The number of aromatic amines is 1. The van der Waals surface area contributed by atoms with E-state index in [1.54, 1.807) is 23.1 Å². The molecule has 0 aliphatic heterocycles. The first kappa shape index (κ1) is 7.25. The number of aromatic nitrogens is 5. The largest absolute Gasteiger partial charge is 0.285 e. The van der Waals surface area contributed by atoms with Gasteiger partial charge in [-0.15, -0.1) is 0 Å². The van der Waals surface area contributed by atoms with E-state index in [4.69, 9.17) is 0 Å². The van der Waals surface area contributed by atoms with Crippen molar-refractivity contribution in [2.75, 3.05) is 0 Å². The van der Waals surface area contributed by atoms with Crippen molar-refractivity contribution in [2.45, 2.75) is 0 Å². The molecule has 0 atom stereocenters. The van der Waals surface area contributed by atoms with Crippen molar-refractivity contribution < 1.29 is 0 Å². The minimum atomic E-state index is 0.895. The van der Waals surface area contributed by atoms with Crippen LogP contribution < -0.4 is 0 Å². The molecule has 0 radical (unpaired) electrons. The Morgan fingerprint density at radius 2 is 2.29 bits per heavy atom. The van der Waals surface area contributed by atoms with E-state index in [0.29, 0.717) is 0 Å². The Morgan fingerprint density at radius 1 is 1.29 bits per heavy atom. The van der Waals surface area contributed by atoms with Crippen LogP contribution in [0.2, 0.25) is 0 Å². The highest BCUT2D eigenvalue weighted by molar-refractivity contribution is 5.63. The standard InChI is InChI=1S/C9H7N5/c1-2-14-8(6-10-1)3-9(13-14)7-4-11-12-5-7/h1-6H,(H,11,12). The highest BCUT2D eigenvalue weighted by Crippen LogP contribution is 2.16. The molecule has 0 amide bonds. The average molecular weight is 185 g/mol. The molecule has 3 rings (SSSR count). The van der Waals surface area contributed by atoms with Gasteiger partial charge in [-0.1, -0.05) is 0 Å². The van der Waals surface area contributed by atoms with E-state index in [0.717, 1.165) is 16.8 Å². The van der Waals surface area contributed by atoms with Gasteiger partial charge in [-0.25, -0.2) is 4.52 Å². The Hall–Kier alpha value is -2.17. The molecule has 0 spiro atoms. The fourth-order valence-corrected chi connectivity index (χ4v) is 1.38. The molecule has 0 bridgehead atoms. The van der Waals surface area contributed by atoms with Crippen LogP contribution in [0.1, 0.15) is 0 Å². The molecule has 1 N–H and O–H groups in total. The summed E-state index contributed by atoms with van der Waals surface area (Å²) in [6.45, 7) is 0. The van der Waals surface area contributed by atoms with Gasteiger partial charge in [0, 0.05) is 24.2 Å². The molecule has 0 aliphatic rings. The summed E-state index contributed by atoms with van der Waals surface area (Å²) < 4.78 is 1.79. The molecule has 0 fully saturated rings. The van der Waals surface area contributed by atoms with E-state index in [1.165, 1.54) is 0 Å². The Kier molecular flexibility index (Phi) is 1.38. The van der Waals surface area contributed by atoms with Gasteiger partial charge in [0.15, 0.2) is 0 Å². The van der Waals surface area contributed by atoms with Crippen LogP contribution in [-0.2, 0) is 0 Å². The van der Waals surface area contributed by atoms with Crippen LogP contribution in [0.25, 0.3) is 16.8 Å². The van der Waals surface area contributed by atoms with Crippen molar-refractivity contribution in [2.24, 2.45) is 0 Å². The quantitative estimate of drug-likeness (QED) is 0.618. The van der Waals surface area contributed by atoms with Crippen LogP contribution in [0.15, 0.2) is 37.1 Å². The van der Waals surface area contributed by atoms with Crippen LogP contribution in [0.4, 0.5) is 0 Å².